The number of ether oxygens (including phenoxy) is 1. The molecule has 0 aromatic heterocycles. The topological polar surface area (TPSA) is 35.2 Å². The maximum Gasteiger partial charge on any atom is 0.133 e. The molecular weight excluding hydrogens is 338 g/mol. The fourth-order valence-corrected chi connectivity index (χ4v) is 2.78. The summed E-state index contributed by atoms with van der Waals surface area (Å²) in [6.07, 6.45) is 0.751. The van der Waals surface area contributed by atoms with Crippen molar-refractivity contribution in [3.05, 3.63) is 63.1 Å². The van der Waals surface area contributed by atoms with E-state index in [9.17, 15) is 0 Å². The number of nitrogens with two attached hydrogens (primary N) is 1. The molecule has 2 aromatic rings. The fourth-order valence-electron chi connectivity index (χ4n) is 2.06. The molecule has 2 nitrogen and oxygen atoms in total. The smallest absolute Gasteiger partial charge is 0.133 e. The Kier molecular flexibility index (Phi) is 5.46. The van der Waals surface area contributed by atoms with E-state index < -0.39 is 0 Å². The molecule has 0 heterocycles. The molecule has 2 aromatic carbocycles. The largest absolute Gasteiger partial charge is 0.493 e. The van der Waals surface area contributed by atoms with Crippen molar-refractivity contribution in [1.29, 1.82) is 0 Å². The molecule has 1 unspecified atom stereocenters. The first-order chi connectivity index (χ1) is 9.60. The van der Waals surface area contributed by atoms with Crippen molar-refractivity contribution >= 4 is 27.5 Å². The molecule has 2 N–H and O–H groups in total. The molecular formula is C16H17BrClNO. The van der Waals surface area contributed by atoms with Crippen molar-refractivity contribution in [3.8, 4) is 5.75 Å². The Morgan fingerprint density at radius 3 is 2.70 bits per heavy atom. The molecule has 0 radical (unpaired) electrons. The average molecular weight is 355 g/mol. The lowest BCUT2D eigenvalue weighted by Crippen LogP contribution is -2.13. The molecule has 0 spiro atoms. The second-order valence-electron chi connectivity index (χ2n) is 4.56. The van der Waals surface area contributed by atoms with Gasteiger partial charge in [0.05, 0.1) is 11.1 Å². The summed E-state index contributed by atoms with van der Waals surface area (Å²) in [5.74, 6) is 0.839. The van der Waals surface area contributed by atoms with E-state index in [1.165, 1.54) is 0 Å². The van der Waals surface area contributed by atoms with E-state index in [2.05, 4.69) is 15.9 Å². The van der Waals surface area contributed by atoms with Gasteiger partial charge in [-0.05, 0) is 64.7 Å². The highest BCUT2D eigenvalue weighted by molar-refractivity contribution is 9.10. The summed E-state index contributed by atoms with van der Waals surface area (Å²) in [5, 5.41) is 0.738. The highest BCUT2D eigenvalue weighted by Crippen LogP contribution is 2.29. The molecule has 4 heteroatoms. The van der Waals surface area contributed by atoms with Crippen LogP contribution in [-0.2, 0) is 6.42 Å². The van der Waals surface area contributed by atoms with Crippen LogP contribution in [-0.4, -0.2) is 6.61 Å². The average Bonchev–Trinajstić information content (AvgIpc) is 2.41. The van der Waals surface area contributed by atoms with E-state index in [-0.39, 0.29) is 6.04 Å². The Morgan fingerprint density at radius 2 is 2.05 bits per heavy atom. The number of benzene rings is 2. The van der Waals surface area contributed by atoms with Crippen molar-refractivity contribution < 1.29 is 4.74 Å². The molecule has 0 saturated carbocycles. The van der Waals surface area contributed by atoms with E-state index in [0.29, 0.717) is 6.61 Å². The first-order valence-corrected chi connectivity index (χ1v) is 7.69. The van der Waals surface area contributed by atoms with E-state index in [0.717, 1.165) is 32.8 Å². The van der Waals surface area contributed by atoms with Gasteiger partial charge in [-0.15, -0.1) is 0 Å². The number of rotatable bonds is 5. The Morgan fingerprint density at radius 1 is 1.25 bits per heavy atom. The van der Waals surface area contributed by atoms with Gasteiger partial charge in [-0.25, -0.2) is 0 Å². The molecule has 0 aliphatic carbocycles. The molecule has 0 fully saturated rings. The van der Waals surface area contributed by atoms with Crippen LogP contribution in [0.25, 0.3) is 0 Å². The van der Waals surface area contributed by atoms with Gasteiger partial charge in [-0.3, -0.25) is 0 Å². The van der Waals surface area contributed by atoms with Crippen molar-refractivity contribution in [2.45, 2.75) is 19.4 Å². The van der Waals surface area contributed by atoms with Gasteiger partial charge in [-0.2, -0.15) is 0 Å². The first kappa shape index (κ1) is 15.4. The van der Waals surface area contributed by atoms with Crippen LogP contribution in [0, 0.1) is 0 Å². The molecule has 0 bridgehead atoms. The second kappa shape index (κ2) is 7.11. The molecule has 2 rings (SSSR count). The van der Waals surface area contributed by atoms with Crippen LogP contribution in [0.1, 0.15) is 24.1 Å². The predicted molar refractivity (Wildman–Crippen MR) is 87.4 cm³/mol. The van der Waals surface area contributed by atoms with Crippen molar-refractivity contribution in [2.24, 2.45) is 5.73 Å². The summed E-state index contributed by atoms with van der Waals surface area (Å²) in [4.78, 5) is 0. The molecule has 20 heavy (non-hydrogen) atoms. The lowest BCUT2D eigenvalue weighted by atomic mass is 10.00. The fraction of sp³-hybridized carbons (Fsp3) is 0.250. The van der Waals surface area contributed by atoms with E-state index in [1.807, 2.05) is 49.4 Å². The minimum Gasteiger partial charge on any atom is -0.493 e. The van der Waals surface area contributed by atoms with Gasteiger partial charge >= 0.3 is 0 Å². The normalized spacial score (nSPS) is 12.2. The summed E-state index contributed by atoms with van der Waals surface area (Å²) in [6.45, 7) is 2.61. The van der Waals surface area contributed by atoms with Gasteiger partial charge in [0.25, 0.3) is 0 Å². The van der Waals surface area contributed by atoms with Gasteiger partial charge in [-0.1, -0.05) is 29.8 Å². The monoisotopic (exact) mass is 353 g/mol. The van der Waals surface area contributed by atoms with E-state index in [4.69, 9.17) is 22.1 Å². The highest BCUT2D eigenvalue weighted by Gasteiger charge is 2.10. The number of hydrogen-bond donors (Lipinski definition) is 1. The summed E-state index contributed by atoms with van der Waals surface area (Å²) >= 11 is 9.50. The first-order valence-electron chi connectivity index (χ1n) is 6.52. The van der Waals surface area contributed by atoms with Crippen LogP contribution in [0.5, 0.6) is 5.75 Å². The van der Waals surface area contributed by atoms with Crippen LogP contribution in [0.15, 0.2) is 46.9 Å². The molecule has 0 saturated heterocycles. The Labute approximate surface area is 133 Å². The second-order valence-corrected chi connectivity index (χ2v) is 5.85. The lowest BCUT2D eigenvalue weighted by molar-refractivity contribution is 0.338. The maximum absolute atomic E-state index is 6.27. The van der Waals surface area contributed by atoms with E-state index >= 15 is 0 Å². The molecule has 106 valence electrons. The zero-order chi connectivity index (χ0) is 14.5. The maximum atomic E-state index is 6.27. The van der Waals surface area contributed by atoms with Crippen molar-refractivity contribution in [2.75, 3.05) is 6.61 Å². The van der Waals surface area contributed by atoms with Crippen LogP contribution < -0.4 is 10.5 Å². The van der Waals surface area contributed by atoms with Crippen LogP contribution >= 0.6 is 27.5 Å². The summed E-state index contributed by atoms with van der Waals surface area (Å²) in [7, 11) is 0. The minimum atomic E-state index is -0.0690. The zero-order valence-electron chi connectivity index (χ0n) is 11.3. The van der Waals surface area contributed by atoms with Gasteiger partial charge in [0, 0.05) is 11.1 Å². The van der Waals surface area contributed by atoms with Crippen LogP contribution in [0.4, 0.5) is 0 Å². The molecule has 0 aliphatic heterocycles. The van der Waals surface area contributed by atoms with Crippen molar-refractivity contribution in [3.63, 3.8) is 0 Å². The molecule has 0 amide bonds. The van der Waals surface area contributed by atoms with E-state index in [1.54, 1.807) is 0 Å². The van der Waals surface area contributed by atoms with Gasteiger partial charge in [0.1, 0.15) is 5.75 Å². The summed E-state index contributed by atoms with van der Waals surface area (Å²) in [6, 6.07) is 13.7. The van der Waals surface area contributed by atoms with Gasteiger partial charge in [0.15, 0.2) is 0 Å². The number of halogens is 2. The van der Waals surface area contributed by atoms with Crippen LogP contribution in [0.3, 0.4) is 0 Å². The zero-order valence-corrected chi connectivity index (χ0v) is 13.6. The Hall–Kier alpha value is -1.03. The lowest BCUT2D eigenvalue weighted by Gasteiger charge is -2.14. The Bertz CT molecular complexity index is 588. The van der Waals surface area contributed by atoms with Crippen molar-refractivity contribution in [1.82, 2.24) is 0 Å². The summed E-state index contributed by atoms with van der Waals surface area (Å²) < 4.78 is 6.43. The SMILES string of the molecule is CCOc1ccc(C(N)Cc2cccc(Cl)c2)cc1Br. The molecule has 1 atom stereocenters. The predicted octanol–water partition coefficient (Wildman–Crippen LogP) is 4.74. The van der Waals surface area contributed by atoms with Gasteiger partial charge < -0.3 is 10.5 Å². The third-order valence-electron chi connectivity index (χ3n) is 3.03. The van der Waals surface area contributed by atoms with Gasteiger partial charge in [0.2, 0.25) is 0 Å². The third-order valence-corrected chi connectivity index (χ3v) is 3.88. The van der Waals surface area contributed by atoms with Crippen LogP contribution in [0.2, 0.25) is 5.02 Å². The quantitative estimate of drug-likeness (QED) is 0.841. The Balaban J connectivity index is 2.13. The minimum absolute atomic E-state index is 0.0690. The molecule has 0 aliphatic rings. The third kappa shape index (κ3) is 3.98. The summed E-state index contributed by atoms with van der Waals surface area (Å²) in [5.41, 5.74) is 8.47. The number of hydrogen-bond acceptors (Lipinski definition) is 2. The standard InChI is InChI=1S/C16H17BrClNO/c1-2-20-16-7-6-12(10-14(16)17)15(19)9-11-4-3-5-13(18)8-11/h3-8,10,15H,2,9,19H2,1H3. The highest BCUT2D eigenvalue weighted by atomic mass is 79.9.